The maximum atomic E-state index is 12.0. The average Bonchev–Trinajstić information content (AvgIpc) is 2.73. The minimum atomic E-state index is -0.766. The normalized spacial score (nSPS) is 18.9. The van der Waals surface area contributed by atoms with Crippen molar-refractivity contribution >= 4 is 17.2 Å². The highest BCUT2D eigenvalue weighted by molar-refractivity contribution is 7.11. The van der Waals surface area contributed by atoms with Crippen molar-refractivity contribution in [3.05, 3.63) is 16.1 Å². The second-order valence-electron chi connectivity index (χ2n) is 4.30. The van der Waals surface area contributed by atoms with Crippen LogP contribution in [0.1, 0.15) is 22.7 Å². The SMILES string of the molecule is Cc1ncc(CNC(=O)C2(N)CCOCC2)s1. The number of rotatable bonds is 3. The first-order chi connectivity index (χ1) is 8.10. The van der Waals surface area contributed by atoms with Gasteiger partial charge in [-0.3, -0.25) is 4.79 Å². The van der Waals surface area contributed by atoms with Gasteiger partial charge in [0, 0.05) is 24.3 Å². The van der Waals surface area contributed by atoms with Crippen molar-refractivity contribution in [2.75, 3.05) is 13.2 Å². The number of hydrogen-bond acceptors (Lipinski definition) is 5. The van der Waals surface area contributed by atoms with Gasteiger partial charge >= 0.3 is 0 Å². The fraction of sp³-hybridized carbons (Fsp3) is 0.636. The summed E-state index contributed by atoms with van der Waals surface area (Å²) < 4.78 is 5.21. The Hall–Kier alpha value is -0.980. The second-order valence-corrected chi connectivity index (χ2v) is 5.62. The second kappa shape index (κ2) is 5.12. The van der Waals surface area contributed by atoms with Crippen LogP contribution in [0, 0.1) is 6.92 Å². The van der Waals surface area contributed by atoms with Gasteiger partial charge in [-0.25, -0.2) is 4.98 Å². The average molecular weight is 255 g/mol. The summed E-state index contributed by atoms with van der Waals surface area (Å²) in [6.45, 7) is 3.57. The van der Waals surface area contributed by atoms with Crippen molar-refractivity contribution < 1.29 is 9.53 Å². The highest BCUT2D eigenvalue weighted by Gasteiger charge is 2.35. The number of ether oxygens (including phenoxy) is 1. The van der Waals surface area contributed by atoms with Gasteiger partial charge in [-0.1, -0.05) is 0 Å². The molecule has 1 aliphatic heterocycles. The Kier molecular flexibility index (Phi) is 3.76. The lowest BCUT2D eigenvalue weighted by Crippen LogP contribution is -2.56. The summed E-state index contributed by atoms with van der Waals surface area (Å²) in [5.74, 6) is -0.0909. The van der Waals surface area contributed by atoms with E-state index in [1.54, 1.807) is 17.5 Å². The summed E-state index contributed by atoms with van der Waals surface area (Å²) in [5.41, 5.74) is 5.30. The first kappa shape index (κ1) is 12.5. The van der Waals surface area contributed by atoms with Gasteiger partial charge in [0.1, 0.15) is 0 Å². The molecule has 6 heteroatoms. The molecular weight excluding hydrogens is 238 g/mol. The summed E-state index contributed by atoms with van der Waals surface area (Å²) in [5, 5.41) is 3.88. The fourth-order valence-corrected chi connectivity index (χ4v) is 2.53. The van der Waals surface area contributed by atoms with E-state index in [-0.39, 0.29) is 5.91 Å². The van der Waals surface area contributed by atoms with Crippen LogP contribution in [0.4, 0.5) is 0 Å². The monoisotopic (exact) mass is 255 g/mol. The Balaban J connectivity index is 1.88. The maximum absolute atomic E-state index is 12.0. The quantitative estimate of drug-likeness (QED) is 0.828. The molecule has 1 saturated heterocycles. The molecule has 1 aliphatic rings. The van der Waals surface area contributed by atoms with E-state index in [4.69, 9.17) is 10.5 Å². The van der Waals surface area contributed by atoms with E-state index >= 15 is 0 Å². The minimum absolute atomic E-state index is 0.0909. The first-order valence-electron chi connectivity index (χ1n) is 5.66. The molecule has 0 spiro atoms. The molecule has 1 fully saturated rings. The van der Waals surface area contributed by atoms with E-state index in [2.05, 4.69) is 10.3 Å². The number of hydrogen-bond donors (Lipinski definition) is 2. The molecule has 1 aromatic heterocycles. The molecule has 0 bridgehead atoms. The molecule has 0 saturated carbocycles. The van der Waals surface area contributed by atoms with Gasteiger partial charge in [0.05, 0.1) is 17.1 Å². The minimum Gasteiger partial charge on any atom is -0.381 e. The highest BCUT2D eigenvalue weighted by atomic mass is 32.1. The molecule has 0 unspecified atom stereocenters. The number of nitrogens with two attached hydrogens (primary N) is 1. The zero-order valence-corrected chi connectivity index (χ0v) is 10.7. The van der Waals surface area contributed by atoms with Crippen LogP contribution < -0.4 is 11.1 Å². The topological polar surface area (TPSA) is 77.2 Å². The molecule has 94 valence electrons. The largest absolute Gasteiger partial charge is 0.381 e. The smallest absolute Gasteiger partial charge is 0.240 e. The van der Waals surface area contributed by atoms with Crippen molar-refractivity contribution in [1.29, 1.82) is 0 Å². The van der Waals surface area contributed by atoms with Crippen molar-refractivity contribution in [2.24, 2.45) is 5.73 Å². The third-order valence-corrected chi connectivity index (χ3v) is 3.84. The molecule has 0 radical (unpaired) electrons. The standard InChI is InChI=1S/C11H17N3O2S/c1-8-13-6-9(17-8)7-14-10(15)11(12)2-4-16-5-3-11/h6H,2-5,7,12H2,1H3,(H,14,15). The Labute approximate surface area is 104 Å². The number of carbonyl (C=O) groups is 1. The van der Waals surface area contributed by atoms with Crippen LogP contribution in [-0.2, 0) is 16.1 Å². The Morgan fingerprint density at radius 1 is 1.65 bits per heavy atom. The lowest BCUT2D eigenvalue weighted by molar-refractivity contribution is -0.129. The third kappa shape index (κ3) is 3.02. The van der Waals surface area contributed by atoms with Crippen molar-refractivity contribution in [3.63, 3.8) is 0 Å². The van der Waals surface area contributed by atoms with Crippen LogP contribution in [0.3, 0.4) is 0 Å². The van der Waals surface area contributed by atoms with E-state index in [9.17, 15) is 4.79 Å². The molecule has 0 aliphatic carbocycles. The van der Waals surface area contributed by atoms with Crippen molar-refractivity contribution in [3.8, 4) is 0 Å². The maximum Gasteiger partial charge on any atom is 0.240 e. The molecule has 0 atom stereocenters. The molecule has 17 heavy (non-hydrogen) atoms. The lowest BCUT2D eigenvalue weighted by Gasteiger charge is -2.31. The van der Waals surface area contributed by atoms with Gasteiger partial charge in [-0.05, 0) is 19.8 Å². The van der Waals surface area contributed by atoms with Gasteiger partial charge in [0.15, 0.2) is 0 Å². The summed E-state index contributed by atoms with van der Waals surface area (Å²) >= 11 is 1.58. The van der Waals surface area contributed by atoms with Crippen LogP contribution in [0.15, 0.2) is 6.20 Å². The van der Waals surface area contributed by atoms with Gasteiger partial charge < -0.3 is 15.8 Å². The molecule has 1 aromatic rings. The Morgan fingerprint density at radius 3 is 2.94 bits per heavy atom. The molecule has 2 rings (SSSR count). The summed E-state index contributed by atoms with van der Waals surface area (Å²) in [6, 6.07) is 0. The number of amides is 1. The van der Waals surface area contributed by atoms with Crippen LogP contribution >= 0.6 is 11.3 Å². The summed E-state index contributed by atoms with van der Waals surface area (Å²) in [7, 11) is 0. The summed E-state index contributed by atoms with van der Waals surface area (Å²) in [6.07, 6.45) is 2.95. The predicted molar refractivity (Wildman–Crippen MR) is 65.7 cm³/mol. The van der Waals surface area contributed by atoms with Crippen LogP contribution in [0.25, 0.3) is 0 Å². The third-order valence-electron chi connectivity index (χ3n) is 2.93. The van der Waals surface area contributed by atoms with Gasteiger partial charge in [0.2, 0.25) is 5.91 Å². The number of nitrogens with zero attached hydrogens (tertiary/aromatic N) is 1. The number of carbonyl (C=O) groups excluding carboxylic acids is 1. The molecule has 2 heterocycles. The van der Waals surface area contributed by atoms with Gasteiger partial charge in [-0.2, -0.15) is 0 Å². The fourth-order valence-electron chi connectivity index (χ4n) is 1.79. The number of aromatic nitrogens is 1. The summed E-state index contributed by atoms with van der Waals surface area (Å²) in [4.78, 5) is 17.2. The van der Waals surface area contributed by atoms with E-state index in [1.807, 2.05) is 6.92 Å². The first-order valence-corrected chi connectivity index (χ1v) is 6.48. The Morgan fingerprint density at radius 2 is 2.35 bits per heavy atom. The van der Waals surface area contributed by atoms with E-state index in [0.29, 0.717) is 32.6 Å². The van der Waals surface area contributed by atoms with E-state index in [0.717, 1.165) is 9.88 Å². The van der Waals surface area contributed by atoms with Crippen LogP contribution in [-0.4, -0.2) is 29.6 Å². The van der Waals surface area contributed by atoms with Gasteiger partial charge in [-0.15, -0.1) is 11.3 Å². The lowest BCUT2D eigenvalue weighted by atomic mass is 9.90. The van der Waals surface area contributed by atoms with Gasteiger partial charge in [0.25, 0.3) is 0 Å². The highest BCUT2D eigenvalue weighted by Crippen LogP contribution is 2.18. The van der Waals surface area contributed by atoms with Crippen molar-refractivity contribution in [2.45, 2.75) is 31.8 Å². The number of nitrogens with one attached hydrogen (secondary N) is 1. The van der Waals surface area contributed by atoms with Crippen molar-refractivity contribution in [1.82, 2.24) is 10.3 Å². The number of aryl methyl sites for hydroxylation is 1. The van der Waals surface area contributed by atoms with Crippen LogP contribution in [0.5, 0.6) is 0 Å². The van der Waals surface area contributed by atoms with E-state index in [1.165, 1.54) is 0 Å². The molecule has 0 aromatic carbocycles. The zero-order chi connectivity index (χ0) is 12.3. The molecule has 1 amide bonds. The zero-order valence-electron chi connectivity index (χ0n) is 9.86. The predicted octanol–water partition coefficient (Wildman–Crippen LogP) is 0.576. The Bertz CT molecular complexity index is 399. The van der Waals surface area contributed by atoms with Crippen LogP contribution in [0.2, 0.25) is 0 Å². The molecule has 3 N–H and O–H groups in total. The molecule has 5 nitrogen and oxygen atoms in total. The van der Waals surface area contributed by atoms with E-state index < -0.39 is 5.54 Å². The number of thiazole rings is 1. The molecular formula is C11H17N3O2S.